The van der Waals surface area contributed by atoms with E-state index in [1.165, 1.54) is 60.8 Å². The van der Waals surface area contributed by atoms with E-state index in [0.29, 0.717) is 17.8 Å². The molecule has 0 N–H and O–H groups in total. The molecule has 2 aromatic rings. The Morgan fingerprint density at radius 3 is 1.16 bits per heavy atom. The van der Waals surface area contributed by atoms with Crippen molar-refractivity contribution in [2.24, 2.45) is 47.3 Å². The summed E-state index contributed by atoms with van der Waals surface area (Å²) in [6.07, 6.45) is 10.1. The Morgan fingerprint density at radius 1 is 0.490 bits per heavy atom. The van der Waals surface area contributed by atoms with Gasteiger partial charge in [0.25, 0.3) is 0 Å². The molecular weight excluding hydrogens is 613 g/mol. The third-order valence-electron chi connectivity index (χ3n) is 11.0. The highest BCUT2D eigenvalue weighted by molar-refractivity contribution is 5.32. The van der Waals surface area contributed by atoms with E-state index in [1.54, 1.807) is 0 Å². The van der Waals surface area contributed by atoms with Crippen LogP contribution in [0, 0.1) is 47.3 Å². The second-order valence-electron chi connectivity index (χ2n) is 16.8. The highest BCUT2D eigenvalue weighted by Crippen LogP contribution is 2.41. The molecule has 4 unspecified atom stereocenters. The van der Waals surface area contributed by atoms with Crippen LogP contribution < -0.4 is 0 Å². The molecule has 2 aromatic carbocycles. The van der Waals surface area contributed by atoms with Gasteiger partial charge < -0.3 is 0 Å². The van der Waals surface area contributed by atoms with Crippen LogP contribution in [0.5, 0.6) is 0 Å². The van der Waals surface area contributed by atoms with Crippen molar-refractivity contribution in [3.63, 3.8) is 0 Å². The molecular formula is C51H100. The average Bonchev–Trinajstić information content (AvgIpc) is 3.75. The average molecular weight is 713 g/mol. The predicted molar refractivity (Wildman–Crippen MR) is 244 cm³/mol. The summed E-state index contributed by atoms with van der Waals surface area (Å²) >= 11 is 0. The van der Waals surface area contributed by atoms with Gasteiger partial charge in [-0.3, -0.25) is 0 Å². The summed E-state index contributed by atoms with van der Waals surface area (Å²) in [5.74, 6) is 9.69. The Hall–Kier alpha value is -1.56. The first-order valence-electron chi connectivity index (χ1n) is 20.3. The molecule has 0 spiro atoms. The minimum absolute atomic E-state index is 0. The molecule has 2 saturated carbocycles. The molecule has 51 heavy (non-hydrogen) atoms. The van der Waals surface area contributed by atoms with Gasteiger partial charge in [0.05, 0.1) is 0 Å². The van der Waals surface area contributed by atoms with Gasteiger partial charge in [-0.1, -0.05) is 202 Å². The van der Waals surface area contributed by atoms with Crippen LogP contribution in [0.25, 0.3) is 0 Å². The number of aryl methyl sites for hydroxylation is 1. The van der Waals surface area contributed by atoms with Crippen LogP contribution in [-0.4, -0.2) is 0 Å². The second kappa shape index (κ2) is 31.9. The SMILES string of the molecule is C.C.C.C.CC.CC(C)C1CCC(C(C)C)C1.CC(C)C1CCCC1C(C)C.CC(C)c1ccccc1C(C)C.CCc1cccc(C(C)C)c1. The molecule has 0 aromatic heterocycles. The molecule has 0 radical (unpaired) electrons. The molecule has 0 aliphatic heterocycles. The molecule has 4 rings (SSSR count). The predicted octanol–water partition coefficient (Wildman–Crippen LogP) is 18.3. The van der Waals surface area contributed by atoms with Crippen molar-refractivity contribution in [1.82, 2.24) is 0 Å². The lowest BCUT2D eigenvalue weighted by atomic mass is 9.80. The summed E-state index contributed by atoms with van der Waals surface area (Å²) in [5, 5.41) is 0. The van der Waals surface area contributed by atoms with Gasteiger partial charge in [0.1, 0.15) is 0 Å². The largest absolute Gasteiger partial charge is 0.0776 e. The van der Waals surface area contributed by atoms with Crippen LogP contribution in [0.3, 0.4) is 0 Å². The first kappa shape index (κ1) is 58.7. The lowest BCUT2D eigenvalue weighted by molar-refractivity contribution is 0.235. The molecule has 4 atom stereocenters. The van der Waals surface area contributed by atoms with E-state index in [-0.39, 0.29) is 29.7 Å². The zero-order valence-electron chi connectivity index (χ0n) is 34.9. The van der Waals surface area contributed by atoms with Gasteiger partial charge in [-0.05, 0) is 126 Å². The Balaban J connectivity index is -0.000000177. The van der Waals surface area contributed by atoms with Gasteiger partial charge in [0.15, 0.2) is 0 Å². The van der Waals surface area contributed by atoms with Gasteiger partial charge in [0.2, 0.25) is 0 Å². The Kier molecular flexibility index (Phi) is 36.8. The van der Waals surface area contributed by atoms with Gasteiger partial charge in [0, 0.05) is 0 Å². The monoisotopic (exact) mass is 713 g/mol. The summed E-state index contributed by atoms with van der Waals surface area (Å²) in [6, 6.07) is 17.6. The van der Waals surface area contributed by atoms with Crippen LogP contribution in [0.1, 0.15) is 226 Å². The second-order valence-corrected chi connectivity index (χ2v) is 16.8. The van der Waals surface area contributed by atoms with Crippen LogP contribution in [0.15, 0.2) is 48.5 Å². The number of rotatable bonds is 8. The van der Waals surface area contributed by atoms with Crippen LogP contribution in [0.2, 0.25) is 0 Å². The zero-order valence-corrected chi connectivity index (χ0v) is 34.9. The van der Waals surface area contributed by atoms with E-state index < -0.39 is 0 Å². The molecule has 2 aliphatic rings. The van der Waals surface area contributed by atoms with Crippen LogP contribution >= 0.6 is 0 Å². The first-order valence-corrected chi connectivity index (χ1v) is 20.3. The topological polar surface area (TPSA) is 0 Å². The van der Waals surface area contributed by atoms with Gasteiger partial charge in [-0.15, -0.1) is 0 Å². The van der Waals surface area contributed by atoms with Crippen molar-refractivity contribution in [1.29, 1.82) is 0 Å². The van der Waals surface area contributed by atoms with E-state index in [9.17, 15) is 0 Å². The smallest absolute Gasteiger partial charge is 0.0216 e. The molecule has 0 nitrogen and oxygen atoms in total. The highest BCUT2D eigenvalue weighted by Gasteiger charge is 2.31. The van der Waals surface area contributed by atoms with E-state index in [0.717, 1.165) is 53.8 Å². The van der Waals surface area contributed by atoms with Crippen molar-refractivity contribution in [2.45, 2.75) is 210 Å². The number of hydrogen-bond acceptors (Lipinski definition) is 0. The maximum Gasteiger partial charge on any atom is -0.0216 e. The zero-order chi connectivity index (χ0) is 36.3. The molecule has 0 heterocycles. The molecule has 0 amide bonds. The summed E-state index contributed by atoms with van der Waals surface area (Å²) in [4.78, 5) is 0. The van der Waals surface area contributed by atoms with Crippen LogP contribution in [0.4, 0.5) is 0 Å². The number of hydrogen-bond donors (Lipinski definition) is 0. The van der Waals surface area contributed by atoms with E-state index in [2.05, 4.69) is 152 Å². The van der Waals surface area contributed by atoms with E-state index in [1.807, 2.05) is 13.8 Å². The summed E-state index contributed by atoms with van der Waals surface area (Å²) in [5.41, 5.74) is 5.88. The quantitative estimate of drug-likeness (QED) is 0.256. The molecule has 304 valence electrons. The van der Waals surface area contributed by atoms with Crippen molar-refractivity contribution in [3.8, 4) is 0 Å². The highest BCUT2D eigenvalue weighted by atomic mass is 14.4. The Morgan fingerprint density at radius 2 is 0.882 bits per heavy atom. The van der Waals surface area contributed by atoms with Gasteiger partial charge >= 0.3 is 0 Å². The van der Waals surface area contributed by atoms with Crippen molar-refractivity contribution < 1.29 is 0 Å². The lowest BCUT2D eigenvalue weighted by Crippen LogP contribution is -2.18. The van der Waals surface area contributed by atoms with Crippen molar-refractivity contribution in [2.75, 3.05) is 0 Å². The standard InChI is InChI=1S/C12H18.2C11H22.C11H16.C2H6.4CH4/c1-9(2)11-7-5-6-8-12(11)10(3)4;1-8(2)10-5-6-11(7-10)9(3)4;1-8(2)10-6-5-7-11(10)9(3)4;1-4-10-6-5-7-11(8-10)9(2)3;1-2;;;;/h5-10H,1-4H3;2*8-11H,5-7H2,1-4H3;5-9H,4H2,1-3H3;1-2H3;4*1H4. The maximum atomic E-state index is 2.38. The van der Waals surface area contributed by atoms with Crippen molar-refractivity contribution >= 4 is 0 Å². The van der Waals surface area contributed by atoms with Crippen LogP contribution in [-0.2, 0) is 6.42 Å². The van der Waals surface area contributed by atoms with E-state index >= 15 is 0 Å². The fourth-order valence-electron chi connectivity index (χ4n) is 7.67. The van der Waals surface area contributed by atoms with Gasteiger partial charge in [-0.25, -0.2) is 0 Å². The Labute approximate surface area is 327 Å². The molecule has 2 fully saturated rings. The summed E-state index contributed by atoms with van der Waals surface area (Å²) < 4.78 is 0. The summed E-state index contributed by atoms with van der Waals surface area (Å²) in [7, 11) is 0. The van der Waals surface area contributed by atoms with Gasteiger partial charge in [-0.2, -0.15) is 0 Å². The maximum absolute atomic E-state index is 2.38. The Bertz CT molecular complexity index is 965. The molecule has 0 bridgehead atoms. The molecule has 0 heteroatoms. The van der Waals surface area contributed by atoms with E-state index in [4.69, 9.17) is 0 Å². The molecule has 2 aliphatic carbocycles. The minimum Gasteiger partial charge on any atom is -0.0776 e. The third-order valence-corrected chi connectivity index (χ3v) is 11.0. The number of benzene rings is 2. The fourth-order valence-corrected chi connectivity index (χ4v) is 7.67. The minimum atomic E-state index is 0. The molecule has 0 saturated heterocycles. The lowest BCUT2D eigenvalue weighted by Gasteiger charge is -2.26. The fraction of sp³-hybridized carbons (Fsp3) is 0.765. The summed E-state index contributed by atoms with van der Waals surface area (Å²) in [6.45, 7) is 38.7. The normalized spacial score (nSPS) is 18.9. The third kappa shape index (κ3) is 22.3. The first-order chi connectivity index (χ1) is 22.1. The van der Waals surface area contributed by atoms with Crippen molar-refractivity contribution in [3.05, 3.63) is 70.8 Å².